The van der Waals surface area contributed by atoms with Gasteiger partial charge in [0.2, 0.25) is 5.52 Å². The van der Waals surface area contributed by atoms with Gasteiger partial charge in [-0.05, 0) is 72.7 Å². The third-order valence-corrected chi connectivity index (χ3v) is 12.9. The molecule has 0 N–H and O–H groups in total. The van der Waals surface area contributed by atoms with E-state index in [9.17, 15) is 16.8 Å². The van der Waals surface area contributed by atoms with Crippen molar-refractivity contribution < 1.29 is 29.8 Å². The van der Waals surface area contributed by atoms with E-state index in [-0.39, 0.29) is 36.1 Å². The number of allylic oxidation sites excluding steroid dienone is 2. The van der Waals surface area contributed by atoms with E-state index >= 15 is 0 Å². The summed E-state index contributed by atoms with van der Waals surface area (Å²) in [5.74, 6) is 0. The summed E-state index contributed by atoms with van der Waals surface area (Å²) >= 11 is 15.9. The maximum Gasteiger partial charge on any atom is 0.297 e. The summed E-state index contributed by atoms with van der Waals surface area (Å²) < 4.78 is 65.1. The fourth-order valence-electron chi connectivity index (χ4n) is 5.17. The average molecular weight is 775 g/mol. The first-order valence-electron chi connectivity index (χ1n) is 15.2. The lowest BCUT2D eigenvalue weighted by Crippen LogP contribution is -2.37. The third kappa shape index (κ3) is 8.41. The maximum atomic E-state index is 12.8. The van der Waals surface area contributed by atoms with Gasteiger partial charge >= 0.3 is 0 Å². The molecule has 14 heteroatoms. The molecule has 0 saturated heterocycles. The zero-order chi connectivity index (χ0) is 34.6. The monoisotopic (exact) mass is 773 g/mol. The standard InChI is InChI=1S/C35H31Cl2N2O6S4/c1-2-25(21-34-38(30-23-26(36)13-15-32(30)46-34)17-19-44-48(40,41)28-9-5-3-6-10-28)22-35-39(31-24-27(37)14-16-33(31)47-35)18-20-45-49(42,43)29-11-7-4-8-12-29/h3-16,21-24H,2,17-20H2,1H3/q+1. The van der Waals surface area contributed by atoms with Crippen LogP contribution in [0.1, 0.15) is 18.4 Å². The lowest BCUT2D eigenvalue weighted by Gasteiger charge is -2.21. The highest BCUT2D eigenvalue weighted by molar-refractivity contribution is 8.03. The molecule has 0 spiro atoms. The second kappa shape index (κ2) is 15.4. The molecule has 0 fully saturated rings. The molecular weight excluding hydrogens is 744 g/mol. The smallest absolute Gasteiger partial charge is 0.297 e. The summed E-state index contributed by atoms with van der Waals surface area (Å²) in [5, 5.41) is 2.91. The highest BCUT2D eigenvalue weighted by Crippen LogP contribution is 2.47. The lowest BCUT2D eigenvalue weighted by molar-refractivity contribution is -0.669. The molecule has 6 rings (SSSR count). The van der Waals surface area contributed by atoms with Gasteiger partial charge in [-0.25, -0.2) is 0 Å². The van der Waals surface area contributed by atoms with Crippen molar-refractivity contribution in [3.63, 3.8) is 0 Å². The summed E-state index contributed by atoms with van der Waals surface area (Å²) in [5.41, 5.74) is 2.72. The molecule has 1 aromatic heterocycles. The van der Waals surface area contributed by atoms with E-state index in [0.717, 1.165) is 36.4 Å². The molecule has 254 valence electrons. The highest BCUT2D eigenvalue weighted by atomic mass is 35.5. The molecule has 0 bridgehead atoms. The number of rotatable bonds is 13. The van der Waals surface area contributed by atoms with Crippen LogP contribution >= 0.6 is 46.3 Å². The molecule has 2 heterocycles. The Labute approximate surface area is 304 Å². The van der Waals surface area contributed by atoms with E-state index in [2.05, 4.69) is 19.1 Å². The summed E-state index contributed by atoms with van der Waals surface area (Å²) in [7, 11) is -7.85. The maximum absolute atomic E-state index is 12.8. The zero-order valence-corrected chi connectivity index (χ0v) is 30.9. The van der Waals surface area contributed by atoms with Gasteiger partial charge in [-0.2, -0.15) is 21.4 Å². The number of fused-ring (bicyclic) bond motifs is 2. The Balaban J connectivity index is 1.28. The van der Waals surface area contributed by atoms with Crippen molar-refractivity contribution in [1.29, 1.82) is 0 Å². The van der Waals surface area contributed by atoms with Gasteiger partial charge in [-0.1, -0.05) is 89.6 Å². The van der Waals surface area contributed by atoms with E-state index in [1.165, 1.54) is 24.3 Å². The summed E-state index contributed by atoms with van der Waals surface area (Å²) in [6, 6.07) is 27.4. The molecule has 1 aliphatic rings. The van der Waals surface area contributed by atoms with Crippen LogP contribution in [0.5, 0.6) is 0 Å². The second-order valence-electron chi connectivity index (χ2n) is 10.8. The Morgan fingerprint density at radius 3 is 2.08 bits per heavy atom. The van der Waals surface area contributed by atoms with Crippen LogP contribution in [0.4, 0.5) is 5.69 Å². The highest BCUT2D eigenvalue weighted by Gasteiger charge is 2.27. The molecule has 8 nitrogen and oxygen atoms in total. The number of benzene rings is 4. The van der Waals surface area contributed by atoms with E-state index in [0.29, 0.717) is 16.5 Å². The van der Waals surface area contributed by atoms with Gasteiger partial charge in [0, 0.05) is 33.6 Å². The van der Waals surface area contributed by atoms with E-state index in [1.54, 1.807) is 59.5 Å². The third-order valence-electron chi connectivity index (χ3n) is 7.58. The Kier molecular flexibility index (Phi) is 11.2. The van der Waals surface area contributed by atoms with Gasteiger partial charge in [0.05, 0.1) is 27.1 Å². The number of thiazole rings is 1. The van der Waals surface area contributed by atoms with Crippen LogP contribution in [0.15, 0.2) is 128 Å². The fourth-order valence-corrected chi connectivity index (χ4v) is 9.64. The van der Waals surface area contributed by atoms with Gasteiger partial charge < -0.3 is 4.90 Å². The van der Waals surface area contributed by atoms with Gasteiger partial charge in [0.1, 0.15) is 11.3 Å². The van der Waals surface area contributed by atoms with E-state index in [1.807, 2.05) is 45.9 Å². The van der Waals surface area contributed by atoms with Gasteiger partial charge in [0.15, 0.2) is 6.54 Å². The predicted octanol–water partition coefficient (Wildman–Crippen LogP) is 8.55. The minimum absolute atomic E-state index is 0.0742. The van der Waals surface area contributed by atoms with Crippen LogP contribution in [0.3, 0.4) is 0 Å². The quantitative estimate of drug-likeness (QED) is 0.0869. The molecule has 0 radical (unpaired) electrons. The topological polar surface area (TPSA) is 93.9 Å². The van der Waals surface area contributed by atoms with Gasteiger partial charge in [-0.15, -0.1) is 0 Å². The molecule has 0 unspecified atom stereocenters. The molecule has 49 heavy (non-hydrogen) atoms. The molecule has 0 aliphatic carbocycles. The number of aromatic nitrogens is 1. The number of hydrogen-bond acceptors (Lipinski definition) is 9. The van der Waals surface area contributed by atoms with Crippen LogP contribution in [0.2, 0.25) is 10.0 Å². The van der Waals surface area contributed by atoms with Crippen LogP contribution in [0.25, 0.3) is 16.3 Å². The minimum atomic E-state index is -3.93. The first kappa shape index (κ1) is 35.6. The fraction of sp³-hybridized carbons (Fsp3) is 0.171. The van der Waals surface area contributed by atoms with Crippen molar-refractivity contribution in [3.8, 4) is 0 Å². The van der Waals surface area contributed by atoms with Crippen LogP contribution in [0, 0.1) is 0 Å². The van der Waals surface area contributed by atoms with Crippen molar-refractivity contribution in [3.05, 3.63) is 129 Å². The van der Waals surface area contributed by atoms with Crippen LogP contribution < -0.4 is 9.47 Å². The summed E-state index contributed by atoms with van der Waals surface area (Å²) in [6.07, 6.45) is 4.83. The van der Waals surface area contributed by atoms with E-state index < -0.39 is 20.2 Å². The normalized spacial score (nSPS) is 14.6. The molecule has 0 amide bonds. The SMILES string of the molecule is CCC(=C/c1sc2ccc(Cl)cc2[n+]1CCOS(=O)(=O)c1ccccc1)/C=C1/Sc2ccc(Cl)cc2N1CCOS(=O)(=O)c1ccccc1. The Morgan fingerprint density at radius 1 is 0.816 bits per heavy atom. The molecule has 4 aromatic carbocycles. The van der Waals surface area contributed by atoms with E-state index in [4.69, 9.17) is 31.6 Å². The van der Waals surface area contributed by atoms with Gasteiger partial charge in [-0.3, -0.25) is 8.37 Å². The first-order valence-corrected chi connectivity index (χ1v) is 20.4. The minimum Gasteiger partial charge on any atom is -0.333 e. The number of hydrogen-bond donors (Lipinski definition) is 0. The van der Waals surface area contributed by atoms with Crippen molar-refractivity contribution in [2.75, 3.05) is 24.7 Å². The average Bonchev–Trinajstić information content (AvgIpc) is 3.61. The molecule has 0 atom stereocenters. The largest absolute Gasteiger partial charge is 0.333 e. The van der Waals surface area contributed by atoms with Crippen LogP contribution in [-0.2, 0) is 35.1 Å². The van der Waals surface area contributed by atoms with Crippen LogP contribution in [-0.4, -0.2) is 36.6 Å². The van der Waals surface area contributed by atoms with Crippen molar-refractivity contribution in [1.82, 2.24) is 0 Å². The number of nitrogens with zero attached hydrogens (tertiary/aromatic N) is 2. The van der Waals surface area contributed by atoms with Crippen molar-refractivity contribution >= 4 is 88.5 Å². The summed E-state index contributed by atoms with van der Waals surface area (Å²) in [4.78, 5) is 3.20. The molecule has 5 aromatic rings. The second-order valence-corrected chi connectivity index (χ2v) is 17.0. The lowest BCUT2D eigenvalue weighted by atomic mass is 10.2. The van der Waals surface area contributed by atoms with Crippen molar-refractivity contribution in [2.24, 2.45) is 0 Å². The zero-order valence-electron chi connectivity index (χ0n) is 26.2. The Hall–Kier alpha value is -3.20. The van der Waals surface area contributed by atoms with Gasteiger partial charge in [0.25, 0.3) is 25.2 Å². The molecule has 1 aliphatic heterocycles. The van der Waals surface area contributed by atoms with Crippen molar-refractivity contribution in [2.45, 2.75) is 34.6 Å². The Bertz CT molecular complexity index is 2260. The predicted molar refractivity (Wildman–Crippen MR) is 197 cm³/mol. The summed E-state index contributed by atoms with van der Waals surface area (Å²) in [6.45, 7) is 2.44. The Morgan fingerprint density at radius 2 is 1.43 bits per heavy atom. The molecule has 0 saturated carbocycles. The first-order chi connectivity index (χ1) is 23.5. The molecular formula is C35H31Cl2N2O6S4+. The number of anilines is 1. The number of halogens is 2. The number of thioether (sulfide) groups is 1.